The predicted octanol–water partition coefficient (Wildman–Crippen LogP) is 3.14. The summed E-state index contributed by atoms with van der Waals surface area (Å²) in [6.07, 6.45) is 0. The maximum Gasteiger partial charge on any atom is 0.258 e. The summed E-state index contributed by atoms with van der Waals surface area (Å²) >= 11 is 0. The lowest BCUT2D eigenvalue weighted by atomic mass is 10.1. The van der Waals surface area contributed by atoms with Gasteiger partial charge in [-0.3, -0.25) is 4.79 Å². The van der Waals surface area contributed by atoms with E-state index in [0.717, 1.165) is 11.3 Å². The van der Waals surface area contributed by atoms with Crippen molar-refractivity contribution in [3.8, 4) is 6.07 Å². The lowest BCUT2D eigenvalue weighted by molar-refractivity contribution is 0.0993. The van der Waals surface area contributed by atoms with E-state index < -0.39 is 0 Å². The highest BCUT2D eigenvalue weighted by molar-refractivity contribution is 6.05. The van der Waals surface area contributed by atoms with Gasteiger partial charge in [-0.05, 0) is 43.3 Å². The van der Waals surface area contributed by atoms with E-state index in [1.165, 1.54) is 0 Å². The fourth-order valence-corrected chi connectivity index (χ4v) is 1.77. The molecule has 0 fully saturated rings. The fraction of sp³-hybridized carbons (Fsp3) is 0.125. The number of aryl methyl sites for hydroxylation is 1. The molecule has 0 unspecified atom stereocenters. The standard InChI is InChI=1S/C16H14N2O/c1-12-3-9-15(10-4-12)18(2)16(19)14-7-5-13(11-17)6-8-14/h3-10H,1-2H3. The molecular formula is C16H14N2O. The minimum Gasteiger partial charge on any atom is -0.311 e. The van der Waals surface area contributed by atoms with Crippen LogP contribution in [0.2, 0.25) is 0 Å². The van der Waals surface area contributed by atoms with Crippen LogP contribution in [-0.4, -0.2) is 13.0 Å². The van der Waals surface area contributed by atoms with Crippen LogP contribution in [0, 0.1) is 18.3 Å². The van der Waals surface area contributed by atoms with Crippen molar-refractivity contribution in [1.29, 1.82) is 5.26 Å². The Labute approximate surface area is 112 Å². The van der Waals surface area contributed by atoms with Crippen molar-refractivity contribution in [2.75, 3.05) is 11.9 Å². The summed E-state index contributed by atoms with van der Waals surface area (Å²) < 4.78 is 0. The van der Waals surface area contributed by atoms with E-state index in [1.54, 1.807) is 36.2 Å². The van der Waals surface area contributed by atoms with Crippen molar-refractivity contribution in [1.82, 2.24) is 0 Å². The zero-order valence-electron chi connectivity index (χ0n) is 10.9. The summed E-state index contributed by atoms with van der Waals surface area (Å²) in [4.78, 5) is 13.9. The molecule has 2 rings (SSSR count). The number of nitrogens with zero attached hydrogens (tertiary/aromatic N) is 2. The fourth-order valence-electron chi connectivity index (χ4n) is 1.77. The van der Waals surface area contributed by atoms with E-state index in [9.17, 15) is 4.79 Å². The first-order valence-corrected chi connectivity index (χ1v) is 5.96. The van der Waals surface area contributed by atoms with Crippen molar-refractivity contribution in [3.05, 3.63) is 65.2 Å². The molecule has 0 bridgehead atoms. The average Bonchev–Trinajstić information content (AvgIpc) is 2.46. The number of hydrogen-bond donors (Lipinski definition) is 0. The quantitative estimate of drug-likeness (QED) is 0.821. The summed E-state index contributed by atoms with van der Waals surface area (Å²) in [7, 11) is 1.74. The van der Waals surface area contributed by atoms with Gasteiger partial charge in [0.1, 0.15) is 0 Å². The molecule has 0 heterocycles. The van der Waals surface area contributed by atoms with Crippen molar-refractivity contribution in [3.63, 3.8) is 0 Å². The number of benzene rings is 2. The molecule has 0 N–H and O–H groups in total. The monoisotopic (exact) mass is 250 g/mol. The second kappa shape index (κ2) is 5.36. The van der Waals surface area contributed by atoms with E-state index in [1.807, 2.05) is 37.3 Å². The summed E-state index contributed by atoms with van der Waals surface area (Å²) in [6.45, 7) is 2.01. The van der Waals surface area contributed by atoms with Gasteiger partial charge in [0, 0.05) is 18.3 Å². The Kier molecular flexibility index (Phi) is 3.63. The van der Waals surface area contributed by atoms with E-state index in [2.05, 4.69) is 0 Å². The number of hydrogen-bond acceptors (Lipinski definition) is 2. The maximum absolute atomic E-state index is 12.3. The Bertz CT molecular complexity index is 621. The topological polar surface area (TPSA) is 44.1 Å². The van der Waals surface area contributed by atoms with Crippen molar-refractivity contribution in [2.24, 2.45) is 0 Å². The van der Waals surface area contributed by atoms with Crippen LogP contribution in [0.5, 0.6) is 0 Å². The molecule has 19 heavy (non-hydrogen) atoms. The largest absolute Gasteiger partial charge is 0.311 e. The summed E-state index contributed by atoms with van der Waals surface area (Å²) in [6, 6.07) is 16.4. The second-order valence-electron chi connectivity index (χ2n) is 4.39. The molecule has 1 amide bonds. The van der Waals surface area contributed by atoms with E-state index >= 15 is 0 Å². The first kappa shape index (κ1) is 12.8. The van der Waals surface area contributed by atoms with Gasteiger partial charge in [0.2, 0.25) is 0 Å². The van der Waals surface area contributed by atoms with Gasteiger partial charge in [0.05, 0.1) is 11.6 Å². The summed E-state index contributed by atoms with van der Waals surface area (Å²) in [5.74, 6) is -0.0895. The number of carbonyl (C=O) groups excluding carboxylic acids is 1. The van der Waals surface area contributed by atoms with E-state index in [-0.39, 0.29) is 5.91 Å². The van der Waals surface area contributed by atoms with Crippen LogP contribution in [0.3, 0.4) is 0 Å². The molecule has 2 aromatic rings. The Morgan fingerprint density at radius 3 is 2.16 bits per heavy atom. The van der Waals surface area contributed by atoms with Gasteiger partial charge in [-0.25, -0.2) is 0 Å². The number of nitriles is 1. The molecule has 0 aromatic heterocycles. The van der Waals surface area contributed by atoms with E-state index in [4.69, 9.17) is 5.26 Å². The number of amides is 1. The van der Waals surface area contributed by atoms with Crippen LogP contribution in [0.15, 0.2) is 48.5 Å². The summed E-state index contributed by atoms with van der Waals surface area (Å²) in [5.41, 5.74) is 3.12. The normalized spacial score (nSPS) is 9.74. The van der Waals surface area contributed by atoms with Crippen molar-refractivity contribution < 1.29 is 4.79 Å². The molecule has 0 spiro atoms. The SMILES string of the molecule is Cc1ccc(N(C)C(=O)c2ccc(C#N)cc2)cc1. The molecule has 3 heteroatoms. The molecule has 0 aliphatic rings. The Balaban J connectivity index is 2.23. The lowest BCUT2D eigenvalue weighted by Gasteiger charge is -2.17. The molecular weight excluding hydrogens is 236 g/mol. The Morgan fingerprint density at radius 2 is 1.63 bits per heavy atom. The van der Waals surface area contributed by atoms with Crippen LogP contribution in [0.1, 0.15) is 21.5 Å². The van der Waals surface area contributed by atoms with Crippen LogP contribution in [0.25, 0.3) is 0 Å². The smallest absolute Gasteiger partial charge is 0.258 e. The van der Waals surface area contributed by atoms with Gasteiger partial charge in [0.25, 0.3) is 5.91 Å². The minimum atomic E-state index is -0.0895. The number of anilines is 1. The van der Waals surface area contributed by atoms with Gasteiger partial charge in [0.15, 0.2) is 0 Å². The first-order valence-electron chi connectivity index (χ1n) is 5.96. The van der Waals surface area contributed by atoms with Gasteiger partial charge in [-0.2, -0.15) is 5.26 Å². The molecule has 0 aliphatic heterocycles. The molecule has 0 radical (unpaired) electrons. The van der Waals surface area contributed by atoms with Gasteiger partial charge in [-0.1, -0.05) is 17.7 Å². The Morgan fingerprint density at radius 1 is 1.05 bits per heavy atom. The molecule has 0 saturated heterocycles. The predicted molar refractivity (Wildman–Crippen MR) is 75.1 cm³/mol. The van der Waals surface area contributed by atoms with E-state index in [0.29, 0.717) is 11.1 Å². The maximum atomic E-state index is 12.3. The molecule has 0 atom stereocenters. The highest BCUT2D eigenvalue weighted by Crippen LogP contribution is 2.16. The van der Waals surface area contributed by atoms with Crippen molar-refractivity contribution >= 4 is 11.6 Å². The second-order valence-corrected chi connectivity index (χ2v) is 4.39. The van der Waals surface area contributed by atoms with Gasteiger partial charge < -0.3 is 4.90 Å². The van der Waals surface area contributed by atoms with Crippen LogP contribution < -0.4 is 4.90 Å². The zero-order chi connectivity index (χ0) is 13.8. The molecule has 3 nitrogen and oxygen atoms in total. The third-order valence-corrected chi connectivity index (χ3v) is 2.99. The highest BCUT2D eigenvalue weighted by atomic mass is 16.2. The van der Waals surface area contributed by atoms with Crippen LogP contribution in [-0.2, 0) is 0 Å². The highest BCUT2D eigenvalue weighted by Gasteiger charge is 2.12. The number of carbonyl (C=O) groups is 1. The zero-order valence-corrected chi connectivity index (χ0v) is 10.9. The third-order valence-electron chi connectivity index (χ3n) is 2.99. The van der Waals surface area contributed by atoms with Gasteiger partial charge >= 0.3 is 0 Å². The molecule has 94 valence electrons. The van der Waals surface area contributed by atoms with Gasteiger partial charge in [-0.15, -0.1) is 0 Å². The average molecular weight is 250 g/mol. The molecule has 0 saturated carbocycles. The Hall–Kier alpha value is -2.60. The third kappa shape index (κ3) is 2.80. The summed E-state index contributed by atoms with van der Waals surface area (Å²) in [5, 5.41) is 8.73. The number of rotatable bonds is 2. The lowest BCUT2D eigenvalue weighted by Crippen LogP contribution is -2.26. The first-order chi connectivity index (χ1) is 9.11. The van der Waals surface area contributed by atoms with Crippen molar-refractivity contribution in [2.45, 2.75) is 6.92 Å². The van der Waals surface area contributed by atoms with Crippen LogP contribution >= 0.6 is 0 Å². The molecule has 0 aliphatic carbocycles. The molecule has 2 aromatic carbocycles. The minimum absolute atomic E-state index is 0.0895. The van der Waals surface area contributed by atoms with Crippen LogP contribution in [0.4, 0.5) is 5.69 Å².